The summed E-state index contributed by atoms with van der Waals surface area (Å²) in [5, 5.41) is 10.8. The Morgan fingerprint density at radius 3 is 3.11 bits per heavy atom. The Balaban J connectivity index is 2.35. The van der Waals surface area contributed by atoms with E-state index in [9.17, 15) is 4.79 Å². The summed E-state index contributed by atoms with van der Waals surface area (Å²) >= 11 is 0. The number of nitrogens with one attached hydrogen (secondary N) is 1. The van der Waals surface area contributed by atoms with E-state index < -0.39 is 6.16 Å². The predicted molar refractivity (Wildman–Crippen MR) is 29.8 cm³/mol. The van der Waals surface area contributed by atoms with Crippen LogP contribution >= 0.6 is 0 Å². The molecule has 0 saturated heterocycles. The molecule has 0 bridgehead atoms. The normalized spacial score (nSPS) is 16.2. The lowest BCUT2D eigenvalue weighted by atomic mass is 10.5. The lowest BCUT2D eigenvalue weighted by molar-refractivity contribution is 0.114. The van der Waals surface area contributed by atoms with E-state index in [2.05, 4.69) is 10.1 Å². The molecule has 0 aromatic carbocycles. The minimum absolute atomic E-state index is 0.350. The Labute approximate surface area is 52.1 Å². The van der Waals surface area contributed by atoms with Gasteiger partial charge in [-0.3, -0.25) is 0 Å². The minimum Gasteiger partial charge on any atom is -0.449 e. The molecule has 2 N–H and O–H groups in total. The van der Waals surface area contributed by atoms with Gasteiger partial charge in [-0.2, -0.15) is 0 Å². The van der Waals surface area contributed by atoms with Crippen LogP contribution in [0.3, 0.4) is 0 Å². The molecule has 1 aliphatic rings. The van der Waals surface area contributed by atoms with Gasteiger partial charge < -0.3 is 15.2 Å². The molecule has 0 spiro atoms. The largest absolute Gasteiger partial charge is 0.512 e. The van der Waals surface area contributed by atoms with Gasteiger partial charge in [-0.15, -0.1) is 0 Å². The van der Waals surface area contributed by atoms with Gasteiger partial charge in [0.25, 0.3) is 0 Å². The average molecular weight is 129 g/mol. The highest BCUT2D eigenvalue weighted by Crippen LogP contribution is 2.01. The van der Waals surface area contributed by atoms with Crippen LogP contribution in [0.25, 0.3) is 0 Å². The first-order valence-corrected chi connectivity index (χ1v) is 2.64. The smallest absolute Gasteiger partial charge is 0.449 e. The highest BCUT2D eigenvalue weighted by molar-refractivity contribution is 5.58. The number of carbonyl (C=O) groups is 1. The Morgan fingerprint density at radius 2 is 2.67 bits per heavy atom. The minimum atomic E-state index is -1.27. The summed E-state index contributed by atoms with van der Waals surface area (Å²) in [4.78, 5) is 9.85. The summed E-state index contributed by atoms with van der Waals surface area (Å²) in [6, 6.07) is 0. The molecule has 4 heteroatoms. The fourth-order valence-electron chi connectivity index (χ4n) is 0.643. The monoisotopic (exact) mass is 129 g/mol. The Hall–Kier alpha value is -1.19. The van der Waals surface area contributed by atoms with Gasteiger partial charge in [0.05, 0.1) is 0 Å². The molecule has 0 aliphatic carbocycles. The molecule has 4 nitrogen and oxygen atoms in total. The molecule has 0 saturated carbocycles. The van der Waals surface area contributed by atoms with E-state index in [1.807, 2.05) is 0 Å². The molecule has 0 unspecified atom stereocenters. The van der Waals surface area contributed by atoms with Crippen LogP contribution in [0.1, 0.15) is 6.42 Å². The van der Waals surface area contributed by atoms with Crippen molar-refractivity contribution < 1.29 is 14.6 Å². The molecule has 50 valence electrons. The van der Waals surface area contributed by atoms with Crippen LogP contribution < -0.4 is 5.32 Å². The molecule has 0 amide bonds. The maximum atomic E-state index is 9.85. The second kappa shape index (κ2) is 2.39. The summed E-state index contributed by atoms with van der Waals surface area (Å²) in [5.74, 6) is 0.350. The van der Waals surface area contributed by atoms with Crippen molar-refractivity contribution in [3.63, 3.8) is 0 Å². The van der Waals surface area contributed by atoms with Gasteiger partial charge in [0.15, 0.2) is 5.88 Å². The lowest BCUT2D eigenvalue weighted by Gasteiger charge is -1.98. The number of hydrogen-bond donors (Lipinski definition) is 2. The van der Waals surface area contributed by atoms with Crippen molar-refractivity contribution in [2.24, 2.45) is 0 Å². The number of hydrogen-bond acceptors (Lipinski definition) is 3. The lowest BCUT2D eigenvalue weighted by Crippen LogP contribution is -2.12. The fourth-order valence-corrected chi connectivity index (χ4v) is 0.643. The number of carboxylic acid groups (broad SMARTS) is 1. The average Bonchev–Trinajstić information content (AvgIpc) is 2.15. The number of rotatable bonds is 1. The summed E-state index contributed by atoms with van der Waals surface area (Å²) in [6.45, 7) is 0.766. The zero-order valence-electron chi connectivity index (χ0n) is 4.76. The Kier molecular flexibility index (Phi) is 1.58. The van der Waals surface area contributed by atoms with Crippen LogP contribution in [0.15, 0.2) is 12.0 Å². The Morgan fingerprint density at radius 1 is 1.89 bits per heavy atom. The molecule has 1 aliphatic heterocycles. The molecule has 0 aromatic heterocycles. The SMILES string of the molecule is O=C(O)OC1=CCCN1. The van der Waals surface area contributed by atoms with Crippen molar-refractivity contribution in [2.75, 3.05) is 6.54 Å². The third-order valence-electron chi connectivity index (χ3n) is 0.971. The van der Waals surface area contributed by atoms with Crippen molar-refractivity contribution in [3.05, 3.63) is 12.0 Å². The zero-order chi connectivity index (χ0) is 6.69. The quantitative estimate of drug-likeness (QED) is 0.506. The maximum absolute atomic E-state index is 9.85. The van der Waals surface area contributed by atoms with Gasteiger partial charge in [-0.05, 0) is 12.5 Å². The third-order valence-corrected chi connectivity index (χ3v) is 0.971. The van der Waals surface area contributed by atoms with Crippen LogP contribution in [0.2, 0.25) is 0 Å². The highest BCUT2D eigenvalue weighted by atomic mass is 16.7. The van der Waals surface area contributed by atoms with Crippen LogP contribution in [0.5, 0.6) is 0 Å². The van der Waals surface area contributed by atoms with Gasteiger partial charge in [0.1, 0.15) is 0 Å². The predicted octanol–water partition coefficient (Wildman–Crippen LogP) is 0.516. The summed E-state index contributed by atoms with van der Waals surface area (Å²) in [7, 11) is 0. The molecule has 1 rings (SSSR count). The van der Waals surface area contributed by atoms with Crippen LogP contribution in [-0.4, -0.2) is 17.8 Å². The molecule has 0 fully saturated rings. The van der Waals surface area contributed by atoms with Crippen molar-refractivity contribution in [2.45, 2.75) is 6.42 Å². The topological polar surface area (TPSA) is 58.6 Å². The molecule has 0 atom stereocenters. The zero-order valence-corrected chi connectivity index (χ0v) is 4.76. The second-order valence-electron chi connectivity index (χ2n) is 1.65. The van der Waals surface area contributed by atoms with E-state index in [4.69, 9.17) is 5.11 Å². The molecule has 1 heterocycles. The van der Waals surface area contributed by atoms with E-state index in [1.54, 1.807) is 6.08 Å². The summed E-state index contributed by atoms with van der Waals surface area (Å²) in [5.41, 5.74) is 0. The van der Waals surface area contributed by atoms with E-state index in [0.29, 0.717) is 5.88 Å². The first kappa shape index (κ1) is 5.94. The van der Waals surface area contributed by atoms with E-state index in [1.165, 1.54) is 0 Å². The van der Waals surface area contributed by atoms with Crippen LogP contribution in [0, 0.1) is 0 Å². The first-order chi connectivity index (χ1) is 4.29. The Bertz CT molecular complexity index is 152. The second-order valence-corrected chi connectivity index (χ2v) is 1.65. The van der Waals surface area contributed by atoms with Crippen LogP contribution in [0.4, 0.5) is 4.79 Å². The van der Waals surface area contributed by atoms with Gasteiger partial charge >= 0.3 is 6.16 Å². The van der Waals surface area contributed by atoms with Crippen molar-refractivity contribution in [1.82, 2.24) is 5.32 Å². The van der Waals surface area contributed by atoms with Crippen molar-refractivity contribution >= 4 is 6.16 Å². The standard InChI is InChI=1S/C5H7NO3/c7-5(8)9-4-2-1-3-6-4/h2,6H,1,3H2,(H,7,8). The molecular weight excluding hydrogens is 122 g/mol. The summed E-state index contributed by atoms with van der Waals surface area (Å²) < 4.78 is 4.28. The van der Waals surface area contributed by atoms with E-state index >= 15 is 0 Å². The molecule has 9 heavy (non-hydrogen) atoms. The molecule has 0 aromatic rings. The van der Waals surface area contributed by atoms with Gasteiger partial charge in [0, 0.05) is 6.54 Å². The van der Waals surface area contributed by atoms with Gasteiger partial charge in [-0.1, -0.05) is 0 Å². The van der Waals surface area contributed by atoms with E-state index in [0.717, 1.165) is 13.0 Å². The molecular formula is C5H7NO3. The molecule has 0 radical (unpaired) electrons. The fraction of sp³-hybridized carbons (Fsp3) is 0.400. The van der Waals surface area contributed by atoms with Gasteiger partial charge in [0.2, 0.25) is 0 Å². The maximum Gasteiger partial charge on any atom is 0.512 e. The van der Waals surface area contributed by atoms with Crippen LogP contribution in [-0.2, 0) is 4.74 Å². The number of ether oxygens (including phenoxy) is 1. The van der Waals surface area contributed by atoms with Gasteiger partial charge in [-0.25, -0.2) is 4.79 Å². The highest BCUT2D eigenvalue weighted by Gasteiger charge is 2.06. The third kappa shape index (κ3) is 1.64. The van der Waals surface area contributed by atoms with Crippen molar-refractivity contribution in [3.8, 4) is 0 Å². The van der Waals surface area contributed by atoms with Crippen molar-refractivity contribution in [1.29, 1.82) is 0 Å². The summed E-state index contributed by atoms with van der Waals surface area (Å²) in [6.07, 6.45) is 1.27. The van der Waals surface area contributed by atoms with E-state index in [-0.39, 0.29) is 0 Å². The first-order valence-electron chi connectivity index (χ1n) is 2.64.